The molecule has 3 N–H and O–H groups in total. The van der Waals surface area contributed by atoms with Gasteiger partial charge in [0.2, 0.25) is 0 Å². The van der Waals surface area contributed by atoms with Crippen LogP contribution in [0.3, 0.4) is 0 Å². The highest BCUT2D eigenvalue weighted by Gasteiger charge is 2.21. The minimum Gasteiger partial charge on any atom is -0.381 e. The number of aromatic nitrogens is 2. The third-order valence-electron chi connectivity index (χ3n) is 3.34. The summed E-state index contributed by atoms with van der Waals surface area (Å²) < 4.78 is 0. The molecule has 112 valence electrons. The van der Waals surface area contributed by atoms with Crippen LogP contribution < -0.4 is 11.1 Å². The average Bonchev–Trinajstić information content (AvgIpc) is 2.44. The molecule has 0 spiro atoms. The minimum absolute atomic E-state index is 0.0582. The summed E-state index contributed by atoms with van der Waals surface area (Å²) >= 11 is 0. The third-order valence-corrected chi connectivity index (χ3v) is 3.34. The van der Waals surface area contributed by atoms with E-state index in [1.165, 1.54) is 5.56 Å². The maximum atomic E-state index is 5.57. The highest BCUT2D eigenvalue weighted by molar-refractivity contribution is 5.62. The van der Waals surface area contributed by atoms with E-state index in [2.05, 4.69) is 50.1 Å². The second-order valence-electron chi connectivity index (χ2n) is 6.24. The van der Waals surface area contributed by atoms with Gasteiger partial charge in [0.1, 0.15) is 0 Å². The number of anilines is 1. The van der Waals surface area contributed by atoms with Crippen LogP contribution in [0.25, 0.3) is 11.4 Å². The van der Waals surface area contributed by atoms with Crippen molar-refractivity contribution in [1.82, 2.24) is 9.97 Å². The van der Waals surface area contributed by atoms with E-state index >= 15 is 0 Å². The van der Waals surface area contributed by atoms with E-state index in [9.17, 15) is 0 Å². The Balaban J connectivity index is 2.49. The lowest BCUT2D eigenvalue weighted by Gasteiger charge is -2.22. The maximum Gasteiger partial charge on any atom is 0.159 e. The summed E-state index contributed by atoms with van der Waals surface area (Å²) in [6.45, 7) is 9.86. The van der Waals surface area contributed by atoms with Crippen LogP contribution in [0.5, 0.6) is 0 Å². The molecule has 4 nitrogen and oxygen atoms in total. The Morgan fingerprint density at radius 1 is 1.19 bits per heavy atom. The van der Waals surface area contributed by atoms with Crippen LogP contribution in [-0.4, -0.2) is 23.1 Å². The number of rotatable bonds is 4. The highest BCUT2D eigenvalue weighted by atomic mass is 15.0. The lowest BCUT2D eigenvalue weighted by atomic mass is 9.90. The largest absolute Gasteiger partial charge is 0.381 e. The molecule has 2 rings (SSSR count). The Kier molecular flexibility index (Phi) is 4.58. The number of aryl methyl sites for hydroxylation is 1. The molecular weight excluding hydrogens is 260 g/mol. The summed E-state index contributed by atoms with van der Waals surface area (Å²) in [5.74, 6) is 0.774. The van der Waals surface area contributed by atoms with Gasteiger partial charge in [-0.15, -0.1) is 0 Å². The van der Waals surface area contributed by atoms with Gasteiger partial charge in [-0.3, -0.25) is 0 Å². The normalized spacial score (nSPS) is 11.5. The zero-order valence-electron chi connectivity index (χ0n) is 13.3. The fourth-order valence-electron chi connectivity index (χ4n) is 2.24. The molecule has 2 aromatic rings. The van der Waals surface area contributed by atoms with Gasteiger partial charge >= 0.3 is 0 Å². The Morgan fingerprint density at radius 2 is 1.90 bits per heavy atom. The SMILES string of the molecule is Cc1ccccc1-c1ncc(NCCN)c(C(C)(C)C)n1. The Labute approximate surface area is 126 Å². The van der Waals surface area contributed by atoms with Crippen LogP contribution in [0.4, 0.5) is 5.69 Å². The molecule has 21 heavy (non-hydrogen) atoms. The van der Waals surface area contributed by atoms with Crippen molar-refractivity contribution in [3.63, 3.8) is 0 Å². The van der Waals surface area contributed by atoms with Crippen LogP contribution >= 0.6 is 0 Å². The molecule has 0 radical (unpaired) electrons. The van der Waals surface area contributed by atoms with Gasteiger partial charge < -0.3 is 11.1 Å². The fraction of sp³-hybridized carbons (Fsp3) is 0.412. The molecule has 1 aromatic heterocycles. The van der Waals surface area contributed by atoms with Crippen molar-refractivity contribution in [3.8, 4) is 11.4 Å². The molecule has 0 atom stereocenters. The topological polar surface area (TPSA) is 63.8 Å². The first-order valence-electron chi connectivity index (χ1n) is 7.31. The fourth-order valence-corrected chi connectivity index (χ4v) is 2.24. The molecular formula is C17H24N4. The van der Waals surface area contributed by atoms with Gasteiger partial charge in [-0.2, -0.15) is 0 Å². The summed E-state index contributed by atoms with van der Waals surface area (Å²) in [5.41, 5.74) is 9.75. The number of hydrogen-bond donors (Lipinski definition) is 2. The summed E-state index contributed by atoms with van der Waals surface area (Å²) in [7, 11) is 0. The lowest BCUT2D eigenvalue weighted by Crippen LogP contribution is -2.21. The van der Waals surface area contributed by atoms with Gasteiger partial charge in [0, 0.05) is 24.1 Å². The predicted molar refractivity (Wildman–Crippen MR) is 88.4 cm³/mol. The zero-order valence-corrected chi connectivity index (χ0v) is 13.3. The van der Waals surface area contributed by atoms with Gasteiger partial charge in [0.05, 0.1) is 17.6 Å². The summed E-state index contributed by atoms with van der Waals surface area (Å²) in [6, 6.07) is 8.18. The van der Waals surface area contributed by atoms with Crippen molar-refractivity contribution >= 4 is 5.69 Å². The van der Waals surface area contributed by atoms with Crippen molar-refractivity contribution in [1.29, 1.82) is 0 Å². The predicted octanol–water partition coefficient (Wildman–Crippen LogP) is 3.12. The van der Waals surface area contributed by atoms with Crippen LogP contribution in [0, 0.1) is 6.92 Å². The van der Waals surface area contributed by atoms with E-state index in [0.717, 1.165) is 29.3 Å². The second-order valence-corrected chi connectivity index (χ2v) is 6.24. The molecule has 0 aliphatic rings. The van der Waals surface area contributed by atoms with Crippen LogP contribution in [0.1, 0.15) is 32.0 Å². The van der Waals surface area contributed by atoms with E-state index in [-0.39, 0.29) is 5.41 Å². The monoisotopic (exact) mass is 284 g/mol. The average molecular weight is 284 g/mol. The molecule has 0 fully saturated rings. The van der Waals surface area contributed by atoms with Gasteiger partial charge in [-0.1, -0.05) is 45.0 Å². The van der Waals surface area contributed by atoms with Crippen molar-refractivity contribution in [2.75, 3.05) is 18.4 Å². The molecule has 0 saturated carbocycles. The second kappa shape index (κ2) is 6.22. The first kappa shape index (κ1) is 15.4. The Hall–Kier alpha value is -1.94. The number of hydrogen-bond acceptors (Lipinski definition) is 4. The first-order chi connectivity index (χ1) is 9.93. The molecule has 4 heteroatoms. The Bertz CT molecular complexity index is 614. The number of nitrogens with one attached hydrogen (secondary N) is 1. The number of benzene rings is 1. The zero-order chi connectivity index (χ0) is 15.5. The molecule has 1 aromatic carbocycles. The highest BCUT2D eigenvalue weighted by Crippen LogP contribution is 2.30. The van der Waals surface area contributed by atoms with Crippen molar-refractivity contribution in [2.45, 2.75) is 33.1 Å². The summed E-state index contributed by atoms with van der Waals surface area (Å²) in [6.07, 6.45) is 1.87. The van der Waals surface area contributed by atoms with E-state index in [1.54, 1.807) is 0 Å². The van der Waals surface area contributed by atoms with E-state index in [0.29, 0.717) is 6.54 Å². The third kappa shape index (κ3) is 3.58. The van der Waals surface area contributed by atoms with Gasteiger partial charge in [-0.05, 0) is 12.5 Å². The number of nitrogens with two attached hydrogens (primary N) is 1. The Morgan fingerprint density at radius 3 is 2.52 bits per heavy atom. The molecule has 0 aliphatic carbocycles. The van der Waals surface area contributed by atoms with Crippen molar-refractivity contribution in [2.24, 2.45) is 5.73 Å². The van der Waals surface area contributed by atoms with Crippen molar-refractivity contribution in [3.05, 3.63) is 41.7 Å². The minimum atomic E-state index is -0.0582. The first-order valence-corrected chi connectivity index (χ1v) is 7.31. The van der Waals surface area contributed by atoms with Gasteiger partial charge in [0.15, 0.2) is 5.82 Å². The molecule has 0 saturated heterocycles. The van der Waals surface area contributed by atoms with E-state index < -0.39 is 0 Å². The molecule has 1 heterocycles. The number of nitrogens with zero attached hydrogens (tertiary/aromatic N) is 2. The maximum absolute atomic E-state index is 5.57. The summed E-state index contributed by atoms with van der Waals surface area (Å²) in [4.78, 5) is 9.34. The van der Waals surface area contributed by atoms with Crippen molar-refractivity contribution < 1.29 is 0 Å². The van der Waals surface area contributed by atoms with E-state index in [4.69, 9.17) is 10.7 Å². The van der Waals surface area contributed by atoms with Crippen LogP contribution in [0.15, 0.2) is 30.5 Å². The standard InChI is InChI=1S/C17H24N4/c1-12-7-5-6-8-13(12)16-20-11-14(19-10-9-18)15(21-16)17(2,3)4/h5-8,11,19H,9-10,18H2,1-4H3. The van der Waals surface area contributed by atoms with Gasteiger partial charge in [-0.25, -0.2) is 9.97 Å². The van der Waals surface area contributed by atoms with E-state index in [1.807, 2.05) is 18.3 Å². The lowest BCUT2D eigenvalue weighted by molar-refractivity contribution is 0.569. The van der Waals surface area contributed by atoms with Crippen LogP contribution in [-0.2, 0) is 5.41 Å². The molecule has 0 unspecified atom stereocenters. The smallest absolute Gasteiger partial charge is 0.159 e. The van der Waals surface area contributed by atoms with Gasteiger partial charge in [0.25, 0.3) is 0 Å². The summed E-state index contributed by atoms with van der Waals surface area (Å²) in [5, 5.41) is 3.31. The van der Waals surface area contributed by atoms with Crippen LogP contribution in [0.2, 0.25) is 0 Å². The molecule has 0 bridgehead atoms. The molecule has 0 aliphatic heterocycles. The molecule has 0 amide bonds. The quantitative estimate of drug-likeness (QED) is 0.905.